The summed E-state index contributed by atoms with van der Waals surface area (Å²) in [7, 11) is -1.76. The Hall–Kier alpha value is -0.960. The van der Waals surface area contributed by atoms with E-state index in [2.05, 4.69) is 10.6 Å². The number of sulfonamides is 1. The first kappa shape index (κ1) is 20.4. The molecule has 1 aromatic rings. The maximum absolute atomic E-state index is 12.8. The van der Waals surface area contributed by atoms with Crippen LogP contribution in [0, 0.1) is 5.92 Å². The summed E-state index contributed by atoms with van der Waals surface area (Å²) >= 11 is 1.30. The number of carbonyl (C=O) groups excluding carboxylic acids is 1. The highest BCUT2D eigenvalue weighted by Crippen LogP contribution is 2.27. The fourth-order valence-electron chi connectivity index (χ4n) is 2.91. The molecule has 1 amide bonds. The molecular weight excluding hydrogens is 358 g/mol. The standard InChI is InChI=1S/C17H29N3O3S2/c1-13(2)12-16(21)19-11-8-15-4-5-17(24-15)25(22,23)20(3)14-6-9-18-10-7-14/h4-5,13-14,18H,6-12H2,1-3H3,(H,19,21). The van der Waals surface area contributed by atoms with Gasteiger partial charge in [-0.25, -0.2) is 8.42 Å². The number of hydrogen-bond donors (Lipinski definition) is 2. The lowest BCUT2D eigenvalue weighted by Crippen LogP contribution is -2.43. The Kier molecular flexibility index (Phi) is 7.42. The Bertz CT molecular complexity index is 664. The van der Waals surface area contributed by atoms with Gasteiger partial charge in [-0.3, -0.25) is 4.79 Å². The lowest BCUT2D eigenvalue weighted by molar-refractivity contribution is -0.121. The van der Waals surface area contributed by atoms with E-state index in [0.717, 1.165) is 30.8 Å². The van der Waals surface area contributed by atoms with Crippen LogP contribution in [0.3, 0.4) is 0 Å². The van der Waals surface area contributed by atoms with Crippen LogP contribution >= 0.6 is 11.3 Å². The minimum Gasteiger partial charge on any atom is -0.356 e. The third kappa shape index (κ3) is 5.77. The smallest absolute Gasteiger partial charge is 0.252 e. The number of nitrogens with one attached hydrogen (secondary N) is 2. The van der Waals surface area contributed by atoms with Gasteiger partial charge in [-0.2, -0.15) is 4.31 Å². The van der Waals surface area contributed by atoms with Crippen LogP contribution in [0.25, 0.3) is 0 Å². The van der Waals surface area contributed by atoms with Crippen molar-refractivity contribution in [3.8, 4) is 0 Å². The lowest BCUT2D eigenvalue weighted by atomic mass is 10.1. The van der Waals surface area contributed by atoms with Crippen molar-refractivity contribution in [2.75, 3.05) is 26.7 Å². The molecule has 0 aromatic carbocycles. The van der Waals surface area contributed by atoms with Crippen molar-refractivity contribution in [2.24, 2.45) is 5.92 Å². The fourth-order valence-corrected chi connectivity index (χ4v) is 5.86. The fraction of sp³-hybridized carbons (Fsp3) is 0.706. The molecular formula is C17H29N3O3S2. The Morgan fingerprint density at radius 1 is 1.36 bits per heavy atom. The van der Waals surface area contributed by atoms with Crippen LogP contribution in [-0.4, -0.2) is 51.4 Å². The lowest BCUT2D eigenvalue weighted by Gasteiger charge is -2.30. The van der Waals surface area contributed by atoms with Gasteiger partial charge in [-0.05, 0) is 50.4 Å². The van der Waals surface area contributed by atoms with Crippen LogP contribution in [-0.2, 0) is 21.2 Å². The molecule has 6 nitrogen and oxygen atoms in total. The second-order valence-electron chi connectivity index (χ2n) is 6.92. The van der Waals surface area contributed by atoms with Gasteiger partial charge in [0.1, 0.15) is 4.21 Å². The van der Waals surface area contributed by atoms with Crippen molar-refractivity contribution in [3.05, 3.63) is 17.0 Å². The van der Waals surface area contributed by atoms with E-state index < -0.39 is 10.0 Å². The van der Waals surface area contributed by atoms with Crippen LogP contribution < -0.4 is 10.6 Å². The van der Waals surface area contributed by atoms with Crippen molar-refractivity contribution in [1.82, 2.24) is 14.9 Å². The largest absolute Gasteiger partial charge is 0.356 e. The molecule has 0 atom stereocenters. The molecule has 0 aliphatic carbocycles. The molecule has 0 bridgehead atoms. The molecule has 1 aliphatic heterocycles. The number of nitrogens with zero attached hydrogens (tertiary/aromatic N) is 1. The van der Waals surface area contributed by atoms with E-state index in [1.54, 1.807) is 13.1 Å². The van der Waals surface area contributed by atoms with E-state index in [0.29, 0.717) is 29.5 Å². The normalized spacial score (nSPS) is 16.5. The van der Waals surface area contributed by atoms with Crippen molar-refractivity contribution in [2.45, 2.75) is 49.8 Å². The third-order valence-corrected chi connectivity index (χ3v) is 7.90. The summed E-state index contributed by atoms with van der Waals surface area (Å²) in [6, 6.07) is 3.60. The molecule has 0 saturated carbocycles. The minimum atomic E-state index is -3.44. The highest BCUT2D eigenvalue weighted by molar-refractivity contribution is 7.91. The SMILES string of the molecule is CC(C)CC(=O)NCCc1ccc(S(=O)(=O)N(C)C2CCNCC2)s1. The zero-order valence-electron chi connectivity index (χ0n) is 15.2. The average Bonchev–Trinajstić information content (AvgIpc) is 3.04. The Labute approximate surface area is 155 Å². The Balaban J connectivity index is 1.91. The molecule has 0 unspecified atom stereocenters. The summed E-state index contributed by atoms with van der Waals surface area (Å²) < 4.78 is 27.5. The van der Waals surface area contributed by atoms with E-state index in [-0.39, 0.29) is 11.9 Å². The van der Waals surface area contributed by atoms with Gasteiger partial charge in [-0.1, -0.05) is 13.8 Å². The third-order valence-electron chi connectivity index (χ3n) is 4.38. The van der Waals surface area contributed by atoms with E-state index in [9.17, 15) is 13.2 Å². The summed E-state index contributed by atoms with van der Waals surface area (Å²) in [5.41, 5.74) is 0. The summed E-state index contributed by atoms with van der Waals surface area (Å²) in [5.74, 6) is 0.383. The molecule has 1 fully saturated rings. The molecule has 0 radical (unpaired) electrons. The Morgan fingerprint density at radius 2 is 2.04 bits per heavy atom. The summed E-state index contributed by atoms with van der Waals surface area (Å²) in [6.45, 7) is 6.27. The second-order valence-corrected chi connectivity index (χ2v) is 10.3. The molecule has 2 rings (SSSR count). The molecule has 2 N–H and O–H groups in total. The quantitative estimate of drug-likeness (QED) is 0.713. The highest BCUT2D eigenvalue weighted by Gasteiger charge is 2.30. The number of carbonyl (C=O) groups is 1. The number of piperidine rings is 1. The summed E-state index contributed by atoms with van der Waals surface area (Å²) in [6.07, 6.45) is 2.86. The number of amides is 1. The van der Waals surface area contributed by atoms with E-state index in [1.165, 1.54) is 15.6 Å². The minimum absolute atomic E-state index is 0.0463. The van der Waals surface area contributed by atoms with Crippen molar-refractivity contribution in [1.29, 1.82) is 0 Å². The second kappa shape index (κ2) is 9.12. The Morgan fingerprint density at radius 3 is 2.68 bits per heavy atom. The molecule has 142 valence electrons. The first-order valence-corrected chi connectivity index (χ1v) is 11.1. The van der Waals surface area contributed by atoms with Crippen molar-refractivity contribution >= 4 is 27.3 Å². The molecule has 0 spiro atoms. The average molecular weight is 388 g/mol. The number of hydrogen-bond acceptors (Lipinski definition) is 5. The van der Waals surface area contributed by atoms with Gasteiger partial charge >= 0.3 is 0 Å². The van der Waals surface area contributed by atoms with E-state index in [4.69, 9.17) is 0 Å². The van der Waals surface area contributed by atoms with Gasteiger partial charge in [0.05, 0.1) is 0 Å². The van der Waals surface area contributed by atoms with E-state index >= 15 is 0 Å². The molecule has 25 heavy (non-hydrogen) atoms. The van der Waals surface area contributed by atoms with Gasteiger partial charge in [-0.15, -0.1) is 11.3 Å². The number of thiophene rings is 1. The maximum atomic E-state index is 12.8. The predicted octanol–water partition coefficient (Wildman–Crippen LogP) is 1.83. The van der Waals surface area contributed by atoms with Crippen LogP contribution in [0.2, 0.25) is 0 Å². The van der Waals surface area contributed by atoms with Crippen LogP contribution in [0.15, 0.2) is 16.3 Å². The number of rotatable bonds is 8. The molecule has 1 aromatic heterocycles. The zero-order chi connectivity index (χ0) is 18.4. The molecule has 2 heterocycles. The first-order chi connectivity index (χ1) is 11.8. The predicted molar refractivity (Wildman–Crippen MR) is 101 cm³/mol. The van der Waals surface area contributed by atoms with Crippen LogP contribution in [0.4, 0.5) is 0 Å². The van der Waals surface area contributed by atoms with Gasteiger partial charge in [0.2, 0.25) is 5.91 Å². The van der Waals surface area contributed by atoms with Crippen LogP contribution in [0.1, 0.15) is 38.0 Å². The molecule has 1 aliphatic rings. The molecule has 1 saturated heterocycles. The van der Waals surface area contributed by atoms with Crippen molar-refractivity contribution in [3.63, 3.8) is 0 Å². The zero-order valence-corrected chi connectivity index (χ0v) is 16.9. The summed E-state index contributed by atoms with van der Waals surface area (Å²) in [5, 5.41) is 6.14. The van der Waals surface area contributed by atoms with Crippen molar-refractivity contribution < 1.29 is 13.2 Å². The molecule has 8 heteroatoms. The monoisotopic (exact) mass is 387 g/mol. The first-order valence-electron chi connectivity index (χ1n) is 8.85. The van der Waals surface area contributed by atoms with Gasteiger partial charge < -0.3 is 10.6 Å². The summed E-state index contributed by atoms with van der Waals surface area (Å²) in [4.78, 5) is 12.6. The van der Waals surface area contributed by atoms with Gasteiger partial charge in [0.25, 0.3) is 10.0 Å². The highest BCUT2D eigenvalue weighted by atomic mass is 32.2. The van der Waals surface area contributed by atoms with E-state index in [1.807, 2.05) is 19.9 Å². The topological polar surface area (TPSA) is 78.5 Å². The van der Waals surface area contributed by atoms with Crippen LogP contribution in [0.5, 0.6) is 0 Å². The van der Waals surface area contributed by atoms with Gasteiger partial charge in [0.15, 0.2) is 0 Å². The van der Waals surface area contributed by atoms with Gasteiger partial charge in [0, 0.05) is 30.9 Å². The maximum Gasteiger partial charge on any atom is 0.252 e.